The van der Waals surface area contributed by atoms with Crippen LogP contribution in [0.5, 0.6) is 5.75 Å². The van der Waals surface area contributed by atoms with Crippen molar-refractivity contribution in [2.45, 2.75) is 25.7 Å². The predicted octanol–water partition coefficient (Wildman–Crippen LogP) is 3.43. The molecule has 6 heteroatoms. The van der Waals surface area contributed by atoms with Gasteiger partial charge < -0.3 is 15.0 Å². The number of hydrogen-bond donors (Lipinski definition) is 1. The van der Waals surface area contributed by atoms with Crippen molar-refractivity contribution in [3.8, 4) is 16.9 Å². The van der Waals surface area contributed by atoms with Gasteiger partial charge in [-0.2, -0.15) is 0 Å². The van der Waals surface area contributed by atoms with Gasteiger partial charge in [0.1, 0.15) is 5.75 Å². The highest BCUT2D eigenvalue weighted by atomic mass is 16.5. The molecule has 1 aliphatic heterocycles. The van der Waals surface area contributed by atoms with Crippen LogP contribution in [-0.4, -0.2) is 68.0 Å². The lowest BCUT2D eigenvalue weighted by atomic mass is 10.0. The first-order chi connectivity index (χ1) is 15.7. The Morgan fingerprint density at radius 2 is 1.72 bits per heavy atom. The van der Waals surface area contributed by atoms with Crippen molar-refractivity contribution in [2.24, 2.45) is 5.92 Å². The number of nitrogens with zero attached hydrogens (tertiary/aromatic N) is 2. The maximum Gasteiger partial charge on any atom is 0.251 e. The monoisotopic (exact) mass is 435 g/mol. The van der Waals surface area contributed by atoms with E-state index in [1.807, 2.05) is 47.4 Å². The molecule has 170 valence electrons. The number of piperazine rings is 1. The molecule has 0 bridgehead atoms. The molecule has 0 radical (unpaired) electrons. The van der Waals surface area contributed by atoms with E-state index in [-0.39, 0.29) is 11.8 Å². The molecule has 2 fully saturated rings. The summed E-state index contributed by atoms with van der Waals surface area (Å²) in [5.41, 5.74) is 2.55. The molecule has 6 nitrogen and oxygen atoms in total. The first-order valence-electron chi connectivity index (χ1n) is 11.7. The van der Waals surface area contributed by atoms with Gasteiger partial charge in [-0.15, -0.1) is 0 Å². The predicted molar refractivity (Wildman–Crippen MR) is 126 cm³/mol. The van der Waals surface area contributed by atoms with Crippen LogP contribution in [0.2, 0.25) is 0 Å². The van der Waals surface area contributed by atoms with Crippen molar-refractivity contribution in [2.75, 3.05) is 46.4 Å². The Kier molecular flexibility index (Phi) is 7.43. The summed E-state index contributed by atoms with van der Waals surface area (Å²) >= 11 is 0. The summed E-state index contributed by atoms with van der Waals surface area (Å²) in [6.45, 7) is 4.70. The minimum atomic E-state index is -0.0834. The van der Waals surface area contributed by atoms with Gasteiger partial charge >= 0.3 is 0 Å². The number of carbonyl (C=O) groups is 2. The van der Waals surface area contributed by atoms with Crippen molar-refractivity contribution < 1.29 is 14.3 Å². The summed E-state index contributed by atoms with van der Waals surface area (Å²) in [7, 11) is 1.64. The smallest absolute Gasteiger partial charge is 0.251 e. The second-order valence-corrected chi connectivity index (χ2v) is 8.69. The van der Waals surface area contributed by atoms with E-state index < -0.39 is 0 Å². The number of amides is 2. The summed E-state index contributed by atoms with van der Waals surface area (Å²) in [5.74, 6) is 1.27. The van der Waals surface area contributed by atoms with Crippen LogP contribution in [-0.2, 0) is 4.79 Å². The molecule has 1 saturated carbocycles. The maximum atomic E-state index is 12.7. The van der Waals surface area contributed by atoms with E-state index in [4.69, 9.17) is 4.74 Å². The number of carbonyl (C=O) groups excluding carboxylic acids is 2. The van der Waals surface area contributed by atoms with Gasteiger partial charge in [0.2, 0.25) is 5.91 Å². The number of hydrogen-bond acceptors (Lipinski definition) is 4. The topological polar surface area (TPSA) is 61.9 Å². The van der Waals surface area contributed by atoms with Gasteiger partial charge in [0.25, 0.3) is 5.91 Å². The summed E-state index contributed by atoms with van der Waals surface area (Å²) in [5, 5.41) is 3.04. The third-order valence-corrected chi connectivity index (χ3v) is 6.65. The first-order valence-corrected chi connectivity index (χ1v) is 11.7. The summed E-state index contributed by atoms with van der Waals surface area (Å²) < 4.78 is 5.49. The second-order valence-electron chi connectivity index (χ2n) is 8.69. The van der Waals surface area contributed by atoms with Gasteiger partial charge in [-0.3, -0.25) is 14.5 Å². The lowest BCUT2D eigenvalue weighted by Gasteiger charge is -2.36. The van der Waals surface area contributed by atoms with E-state index in [1.54, 1.807) is 13.2 Å². The average Bonchev–Trinajstić information content (AvgIpc) is 3.39. The van der Waals surface area contributed by atoms with Crippen LogP contribution in [0.4, 0.5) is 0 Å². The summed E-state index contributed by atoms with van der Waals surface area (Å²) in [4.78, 5) is 29.7. The van der Waals surface area contributed by atoms with Gasteiger partial charge in [-0.25, -0.2) is 0 Å². The zero-order chi connectivity index (χ0) is 22.3. The Balaban J connectivity index is 1.26. The molecule has 4 rings (SSSR count). The van der Waals surface area contributed by atoms with Crippen molar-refractivity contribution in [3.05, 3.63) is 54.1 Å². The van der Waals surface area contributed by atoms with E-state index in [1.165, 1.54) is 12.8 Å². The normalized spacial score (nSPS) is 17.3. The van der Waals surface area contributed by atoms with Gasteiger partial charge in [0.15, 0.2) is 0 Å². The van der Waals surface area contributed by atoms with Crippen molar-refractivity contribution in [3.63, 3.8) is 0 Å². The molecule has 0 spiro atoms. The molecular formula is C26H33N3O3. The van der Waals surface area contributed by atoms with Gasteiger partial charge in [-0.05, 0) is 36.6 Å². The fourth-order valence-corrected chi connectivity index (χ4v) is 4.74. The molecule has 0 unspecified atom stereocenters. The Morgan fingerprint density at radius 3 is 2.41 bits per heavy atom. The Bertz CT molecular complexity index is 917. The minimum Gasteiger partial charge on any atom is -0.496 e. The number of methoxy groups -OCH3 is 1. The van der Waals surface area contributed by atoms with Gasteiger partial charge in [0.05, 0.1) is 7.11 Å². The largest absolute Gasteiger partial charge is 0.496 e. The minimum absolute atomic E-state index is 0.0834. The lowest BCUT2D eigenvalue weighted by Crippen LogP contribution is -2.51. The summed E-state index contributed by atoms with van der Waals surface area (Å²) in [6, 6.07) is 15.5. The quantitative estimate of drug-likeness (QED) is 0.724. The van der Waals surface area contributed by atoms with Gasteiger partial charge in [0, 0.05) is 56.3 Å². The molecule has 32 heavy (non-hydrogen) atoms. The zero-order valence-electron chi connectivity index (χ0n) is 18.9. The third-order valence-electron chi connectivity index (χ3n) is 6.65. The maximum absolute atomic E-state index is 12.7. The third kappa shape index (κ3) is 5.30. The van der Waals surface area contributed by atoms with E-state index >= 15 is 0 Å². The molecule has 2 amide bonds. The summed E-state index contributed by atoms with van der Waals surface area (Å²) in [6.07, 6.45) is 4.50. The van der Waals surface area contributed by atoms with Crippen LogP contribution < -0.4 is 10.1 Å². The molecule has 0 atom stereocenters. The van der Waals surface area contributed by atoms with E-state index in [0.717, 1.165) is 62.4 Å². The molecule has 1 N–H and O–H groups in total. The SMILES string of the molecule is COc1ccc(C(=O)NCCN2CCN(C(=O)C3CCCC3)CC2)cc1-c1ccccc1. The Hall–Kier alpha value is -2.86. The van der Waals surface area contributed by atoms with Crippen LogP contribution >= 0.6 is 0 Å². The lowest BCUT2D eigenvalue weighted by molar-refractivity contribution is -0.137. The van der Waals surface area contributed by atoms with E-state index in [9.17, 15) is 9.59 Å². The van der Waals surface area contributed by atoms with Crippen LogP contribution in [0.25, 0.3) is 11.1 Å². The standard InChI is InChI=1S/C26H33N3O3/c1-32-24-12-11-22(19-23(24)20-7-3-2-4-8-20)25(30)27-13-14-28-15-17-29(18-16-28)26(31)21-9-5-6-10-21/h2-4,7-8,11-12,19,21H,5-6,9-10,13-18H2,1H3,(H,27,30). The average molecular weight is 436 g/mol. The second kappa shape index (κ2) is 10.6. The van der Waals surface area contributed by atoms with E-state index in [2.05, 4.69) is 10.2 Å². The highest BCUT2D eigenvalue weighted by Crippen LogP contribution is 2.31. The van der Waals surface area contributed by atoms with Crippen LogP contribution in [0.3, 0.4) is 0 Å². The van der Waals surface area contributed by atoms with Crippen molar-refractivity contribution in [1.29, 1.82) is 0 Å². The number of ether oxygens (including phenoxy) is 1. The van der Waals surface area contributed by atoms with E-state index in [0.29, 0.717) is 18.0 Å². The molecule has 1 aliphatic carbocycles. The highest BCUT2D eigenvalue weighted by Gasteiger charge is 2.29. The van der Waals surface area contributed by atoms with Gasteiger partial charge in [-0.1, -0.05) is 43.2 Å². The van der Waals surface area contributed by atoms with Crippen LogP contribution in [0, 0.1) is 5.92 Å². The molecule has 2 aromatic rings. The van der Waals surface area contributed by atoms with Crippen LogP contribution in [0.1, 0.15) is 36.0 Å². The number of rotatable bonds is 7. The van der Waals surface area contributed by atoms with Crippen molar-refractivity contribution >= 4 is 11.8 Å². The highest BCUT2D eigenvalue weighted by molar-refractivity contribution is 5.96. The fraction of sp³-hybridized carbons (Fsp3) is 0.462. The molecule has 1 saturated heterocycles. The van der Waals surface area contributed by atoms with Crippen molar-refractivity contribution in [1.82, 2.24) is 15.1 Å². The number of nitrogens with one attached hydrogen (secondary N) is 1. The molecule has 0 aromatic heterocycles. The fourth-order valence-electron chi connectivity index (χ4n) is 4.74. The first kappa shape index (κ1) is 22.3. The molecular weight excluding hydrogens is 402 g/mol. The molecule has 2 aromatic carbocycles. The van der Waals surface area contributed by atoms with Crippen LogP contribution in [0.15, 0.2) is 48.5 Å². The molecule has 2 aliphatic rings. The Morgan fingerprint density at radius 1 is 1.00 bits per heavy atom. The Labute approximate surface area is 190 Å². The zero-order valence-corrected chi connectivity index (χ0v) is 18.9. The number of benzene rings is 2. The molecule has 1 heterocycles.